The molecule has 3 nitrogen and oxygen atoms in total. The van der Waals surface area contributed by atoms with Gasteiger partial charge in [0.2, 0.25) is 0 Å². The van der Waals surface area contributed by atoms with Gasteiger partial charge in [0.05, 0.1) is 0 Å². The lowest BCUT2D eigenvalue weighted by Gasteiger charge is -2.25. The number of hydrogen-bond acceptors (Lipinski definition) is 4. The third-order valence-corrected chi connectivity index (χ3v) is 4.72. The molecule has 1 aromatic heterocycles. The Kier molecular flexibility index (Phi) is 8.06. The Morgan fingerprint density at radius 1 is 1.21 bits per heavy atom. The summed E-state index contributed by atoms with van der Waals surface area (Å²) in [6.45, 7) is 7.19. The summed E-state index contributed by atoms with van der Waals surface area (Å²) in [4.78, 5) is 2.30. The number of benzene rings is 1. The Morgan fingerprint density at radius 3 is 2.58 bits per heavy atom. The maximum absolute atomic E-state index is 10.3. The first-order chi connectivity index (χ1) is 11.5. The lowest BCUT2D eigenvalue weighted by Crippen LogP contribution is -2.36. The minimum Gasteiger partial charge on any atom is -0.491 e. The molecule has 1 heterocycles. The van der Waals surface area contributed by atoms with Crippen molar-refractivity contribution < 1.29 is 9.84 Å². The summed E-state index contributed by atoms with van der Waals surface area (Å²) in [5.41, 5.74) is 1.30. The standard InChI is InChI=1S/C19H26ClNO2S/c1-15(2)7-9-21(11-16-8-10-24-14-16)12-18(22)13-23-19-5-3-17(20)4-6-19/h3-6,8,10,14-15,18,22H,7,9,11-13H2,1-2H3. The molecule has 0 aliphatic rings. The average molecular weight is 368 g/mol. The van der Waals surface area contributed by atoms with Crippen molar-refractivity contribution in [1.82, 2.24) is 4.90 Å². The van der Waals surface area contributed by atoms with Crippen molar-refractivity contribution in [3.05, 3.63) is 51.7 Å². The van der Waals surface area contributed by atoms with Gasteiger partial charge in [-0.3, -0.25) is 4.90 Å². The van der Waals surface area contributed by atoms with Crippen LogP contribution >= 0.6 is 22.9 Å². The highest BCUT2D eigenvalue weighted by Crippen LogP contribution is 2.16. The SMILES string of the molecule is CC(C)CCN(Cc1ccsc1)CC(O)COc1ccc(Cl)cc1. The smallest absolute Gasteiger partial charge is 0.119 e. The van der Waals surface area contributed by atoms with Crippen molar-refractivity contribution in [2.24, 2.45) is 5.92 Å². The van der Waals surface area contributed by atoms with E-state index in [9.17, 15) is 5.11 Å². The second-order valence-electron chi connectivity index (χ2n) is 6.47. The van der Waals surface area contributed by atoms with Gasteiger partial charge in [-0.1, -0.05) is 25.4 Å². The summed E-state index contributed by atoms with van der Waals surface area (Å²) in [6, 6.07) is 9.35. The summed E-state index contributed by atoms with van der Waals surface area (Å²) in [6.07, 6.45) is 0.598. The highest BCUT2D eigenvalue weighted by Gasteiger charge is 2.14. The fourth-order valence-electron chi connectivity index (χ4n) is 2.39. The van der Waals surface area contributed by atoms with Gasteiger partial charge in [0, 0.05) is 18.1 Å². The van der Waals surface area contributed by atoms with E-state index in [1.165, 1.54) is 5.56 Å². The molecule has 0 aliphatic heterocycles. The minimum absolute atomic E-state index is 0.281. The number of aliphatic hydroxyl groups excluding tert-OH is 1. The fraction of sp³-hybridized carbons (Fsp3) is 0.474. The van der Waals surface area contributed by atoms with Crippen LogP contribution in [0.1, 0.15) is 25.8 Å². The lowest BCUT2D eigenvalue weighted by molar-refractivity contribution is 0.0640. The van der Waals surface area contributed by atoms with Crippen molar-refractivity contribution in [3.63, 3.8) is 0 Å². The number of aliphatic hydroxyl groups is 1. The second-order valence-corrected chi connectivity index (χ2v) is 7.68. The van der Waals surface area contributed by atoms with E-state index in [0.717, 1.165) is 25.3 Å². The van der Waals surface area contributed by atoms with Gasteiger partial charge >= 0.3 is 0 Å². The van der Waals surface area contributed by atoms with Gasteiger partial charge in [0.25, 0.3) is 0 Å². The van der Waals surface area contributed by atoms with Gasteiger partial charge < -0.3 is 9.84 Å². The van der Waals surface area contributed by atoms with E-state index >= 15 is 0 Å². The van der Waals surface area contributed by atoms with Crippen LogP contribution in [0.25, 0.3) is 0 Å². The molecule has 0 saturated heterocycles. The Bertz CT molecular complexity index is 572. The molecule has 24 heavy (non-hydrogen) atoms. The molecular weight excluding hydrogens is 342 g/mol. The quantitative estimate of drug-likeness (QED) is 0.661. The predicted molar refractivity (Wildman–Crippen MR) is 102 cm³/mol. The Labute approximate surface area is 153 Å². The molecule has 2 rings (SSSR count). The number of ether oxygens (including phenoxy) is 1. The Balaban J connectivity index is 1.83. The Hall–Kier alpha value is -1.07. The number of halogens is 1. The van der Waals surface area contributed by atoms with E-state index in [1.807, 2.05) is 12.1 Å². The third kappa shape index (κ3) is 7.22. The molecule has 0 radical (unpaired) electrons. The van der Waals surface area contributed by atoms with Crippen LogP contribution in [-0.4, -0.2) is 35.8 Å². The van der Waals surface area contributed by atoms with Gasteiger partial charge in [0.1, 0.15) is 18.5 Å². The molecule has 0 bridgehead atoms. The van der Waals surface area contributed by atoms with Gasteiger partial charge in [-0.2, -0.15) is 11.3 Å². The number of rotatable bonds is 10. The molecule has 2 aromatic rings. The Morgan fingerprint density at radius 2 is 1.96 bits per heavy atom. The van der Waals surface area contributed by atoms with Gasteiger partial charge in [-0.15, -0.1) is 0 Å². The molecule has 0 spiro atoms. The molecule has 0 fully saturated rings. The normalized spacial score (nSPS) is 12.8. The zero-order chi connectivity index (χ0) is 17.4. The van der Waals surface area contributed by atoms with E-state index in [0.29, 0.717) is 17.5 Å². The van der Waals surface area contributed by atoms with Crippen LogP contribution < -0.4 is 4.74 Å². The van der Waals surface area contributed by atoms with E-state index < -0.39 is 6.10 Å². The first-order valence-corrected chi connectivity index (χ1v) is 9.65. The van der Waals surface area contributed by atoms with Crippen molar-refractivity contribution >= 4 is 22.9 Å². The second kappa shape index (κ2) is 10.0. The van der Waals surface area contributed by atoms with Crippen LogP contribution in [0.15, 0.2) is 41.1 Å². The fourth-order valence-corrected chi connectivity index (χ4v) is 3.18. The summed E-state index contributed by atoms with van der Waals surface area (Å²) in [5, 5.41) is 15.3. The topological polar surface area (TPSA) is 32.7 Å². The minimum atomic E-state index is -0.522. The molecule has 0 saturated carbocycles. The highest BCUT2D eigenvalue weighted by molar-refractivity contribution is 7.07. The molecule has 0 amide bonds. The predicted octanol–water partition coefficient (Wildman–Crippen LogP) is 4.69. The maximum Gasteiger partial charge on any atom is 0.119 e. The summed E-state index contributed by atoms with van der Waals surface area (Å²) in [7, 11) is 0. The van der Waals surface area contributed by atoms with Crippen molar-refractivity contribution in [2.45, 2.75) is 32.9 Å². The van der Waals surface area contributed by atoms with Crippen LogP contribution in [0.2, 0.25) is 5.02 Å². The van der Waals surface area contributed by atoms with Gasteiger partial charge in [-0.05, 0) is 65.5 Å². The van der Waals surface area contributed by atoms with Crippen molar-refractivity contribution in [2.75, 3.05) is 19.7 Å². The van der Waals surface area contributed by atoms with Crippen LogP contribution in [0.4, 0.5) is 0 Å². The van der Waals surface area contributed by atoms with Crippen molar-refractivity contribution in [1.29, 1.82) is 0 Å². The molecule has 1 N–H and O–H groups in total. The number of thiophene rings is 1. The van der Waals surface area contributed by atoms with Crippen LogP contribution in [-0.2, 0) is 6.54 Å². The average Bonchev–Trinajstić information content (AvgIpc) is 3.05. The van der Waals surface area contributed by atoms with Gasteiger partial charge in [-0.25, -0.2) is 0 Å². The van der Waals surface area contributed by atoms with E-state index in [-0.39, 0.29) is 6.61 Å². The molecule has 1 atom stereocenters. The molecule has 5 heteroatoms. The van der Waals surface area contributed by atoms with Crippen LogP contribution in [0.3, 0.4) is 0 Å². The highest BCUT2D eigenvalue weighted by atomic mass is 35.5. The third-order valence-electron chi connectivity index (χ3n) is 3.73. The maximum atomic E-state index is 10.3. The van der Waals surface area contributed by atoms with E-state index in [4.69, 9.17) is 16.3 Å². The molecule has 0 aliphatic carbocycles. The van der Waals surface area contributed by atoms with E-state index in [1.54, 1.807) is 23.5 Å². The van der Waals surface area contributed by atoms with Crippen LogP contribution in [0.5, 0.6) is 5.75 Å². The monoisotopic (exact) mass is 367 g/mol. The molecule has 1 aromatic carbocycles. The molecular formula is C19H26ClNO2S. The van der Waals surface area contributed by atoms with Crippen molar-refractivity contribution in [3.8, 4) is 5.75 Å². The summed E-state index contributed by atoms with van der Waals surface area (Å²) >= 11 is 7.57. The summed E-state index contributed by atoms with van der Waals surface area (Å²) < 4.78 is 5.65. The molecule has 1 unspecified atom stereocenters. The first kappa shape index (κ1) is 19.3. The largest absolute Gasteiger partial charge is 0.491 e. The zero-order valence-electron chi connectivity index (χ0n) is 14.3. The van der Waals surface area contributed by atoms with E-state index in [2.05, 4.69) is 35.6 Å². The van der Waals surface area contributed by atoms with Gasteiger partial charge in [0.15, 0.2) is 0 Å². The zero-order valence-corrected chi connectivity index (χ0v) is 15.9. The lowest BCUT2D eigenvalue weighted by atomic mass is 10.1. The number of hydrogen-bond donors (Lipinski definition) is 1. The molecule has 132 valence electrons. The first-order valence-electron chi connectivity index (χ1n) is 8.33. The summed E-state index contributed by atoms with van der Waals surface area (Å²) in [5.74, 6) is 1.38. The van der Waals surface area contributed by atoms with Crippen LogP contribution in [0, 0.1) is 5.92 Å². The number of nitrogens with zero attached hydrogens (tertiary/aromatic N) is 1.